The van der Waals surface area contributed by atoms with E-state index in [9.17, 15) is 9.90 Å². The lowest BCUT2D eigenvalue weighted by atomic mass is 10.1. The number of methoxy groups -OCH3 is 2. The molecule has 0 unspecified atom stereocenters. The molecule has 1 aromatic rings. The van der Waals surface area contributed by atoms with E-state index in [0.717, 1.165) is 0 Å². The Kier molecular flexibility index (Phi) is 4.00. The van der Waals surface area contributed by atoms with Gasteiger partial charge < -0.3 is 19.7 Å². The number of aliphatic carboxylic acids is 1. The number of carbonyl (C=O) groups is 1. The minimum absolute atomic E-state index is 0.146. The fourth-order valence-corrected chi connectivity index (χ4v) is 2.00. The summed E-state index contributed by atoms with van der Waals surface area (Å²) in [4.78, 5) is 10.6. The monoisotopic (exact) mass is 290 g/mol. The third-order valence-corrected chi connectivity index (χ3v) is 2.86. The second kappa shape index (κ2) is 5.07. The lowest BCUT2D eigenvalue weighted by Gasteiger charge is -2.13. The molecular formula is C10H11BrO5. The van der Waals surface area contributed by atoms with Crippen LogP contribution in [0.25, 0.3) is 0 Å². The van der Waals surface area contributed by atoms with E-state index >= 15 is 0 Å². The first-order valence-electron chi connectivity index (χ1n) is 4.35. The van der Waals surface area contributed by atoms with Crippen LogP contribution in [0.2, 0.25) is 0 Å². The van der Waals surface area contributed by atoms with Gasteiger partial charge in [0.2, 0.25) is 0 Å². The lowest BCUT2D eigenvalue weighted by Crippen LogP contribution is -2.03. The predicted octanol–water partition coefficient (Wildman–Crippen LogP) is 1.80. The second-order valence-corrected chi connectivity index (χ2v) is 3.79. The Morgan fingerprint density at radius 2 is 2.06 bits per heavy atom. The Hall–Kier alpha value is -1.43. The van der Waals surface area contributed by atoms with Gasteiger partial charge in [-0.25, -0.2) is 0 Å². The maximum Gasteiger partial charge on any atom is 0.308 e. The minimum Gasteiger partial charge on any atom is -0.507 e. The van der Waals surface area contributed by atoms with Crippen LogP contribution in [0.15, 0.2) is 10.5 Å². The molecule has 0 bridgehead atoms. The lowest BCUT2D eigenvalue weighted by molar-refractivity contribution is -0.136. The van der Waals surface area contributed by atoms with E-state index in [1.165, 1.54) is 20.3 Å². The number of ether oxygens (including phenoxy) is 2. The van der Waals surface area contributed by atoms with Crippen molar-refractivity contribution in [1.29, 1.82) is 0 Å². The van der Waals surface area contributed by atoms with Crippen molar-refractivity contribution in [2.75, 3.05) is 14.2 Å². The first kappa shape index (κ1) is 12.6. The van der Waals surface area contributed by atoms with Crippen molar-refractivity contribution in [3.63, 3.8) is 0 Å². The van der Waals surface area contributed by atoms with E-state index in [1.54, 1.807) is 0 Å². The molecule has 0 aliphatic carbocycles. The summed E-state index contributed by atoms with van der Waals surface area (Å²) in [7, 11) is 2.87. The van der Waals surface area contributed by atoms with Crippen LogP contribution < -0.4 is 9.47 Å². The van der Waals surface area contributed by atoms with Gasteiger partial charge in [0.05, 0.1) is 25.1 Å². The van der Waals surface area contributed by atoms with Crippen molar-refractivity contribution in [3.8, 4) is 17.2 Å². The highest BCUT2D eigenvalue weighted by atomic mass is 79.9. The first-order chi connectivity index (χ1) is 7.51. The second-order valence-electron chi connectivity index (χ2n) is 2.99. The van der Waals surface area contributed by atoms with Gasteiger partial charge in [-0.1, -0.05) is 0 Å². The van der Waals surface area contributed by atoms with Crippen molar-refractivity contribution in [3.05, 3.63) is 16.1 Å². The van der Waals surface area contributed by atoms with E-state index in [1.807, 2.05) is 0 Å². The number of aromatic hydroxyl groups is 1. The molecule has 0 saturated heterocycles. The molecule has 0 heterocycles. The molecule has 16 heavy (non-hydrogen) atoms. The van der Waals surface area contributed by atoms with E-state index in [2.05, 4.69) is 15.9 Å². The number of benzene rings is 1. The fraction of sp³-hybridized carbons (Fsp3) is 0.300. The van der Waals surface area contributed by atoms with Crippen LogP contribution in [-0.2, 0) is 11.2 Å². The summed E-state index contributed by atoms with van der Waals surface area (Å²) in [6.07, 6.45) is -0.299. The van der Waals surface area contributed by atoms with E-state index in [-0.39, 0.29) is 17.7 Å². The number of hydrogen-bond donors (Lipinski definition) is 2. The summed E-state index contributed by atoms with van der Waals surface area (Å²) in [6.45, 7) is 0. The van der Waals surface area contributed by atoms with Gasteiger partial charge in [0.1, 0.15) is 5.75 Å². The van der Waals surface area contributed by atoms with Crippen LogP contribution in [0.1, 0.15) is 5.56 Å². The smallest absolute Gasteiger partial charge is 0.308 e. The molecule has 0 aliphatic rings. The highest BCUT2D eigenvalue weighted by molar-refractivity contribution is 9.10. The number of hydrogen-bond acceptors (Lipinski definition) is 4. The van der Waals surface area contributed by atoms with Gasteiger partial charge in [-0.3, -0.25) is 4.79 Å². The van der Waals surface area contributed by atoms with Crippen molar-refractivity contribution in [2.45, 2.75) is 6.42 Å². The number of carboxylic acid groups (broad SMARTS) is 1. The normalized spacial score (nSPS) is 9.94. The van der Waals surface area contributed by atoms with Crippen LogP contribution in [0.4, 0.5) is 0 Å². The van der Waals surface area contributed by atoms with Crippen molar-refractivity contribution < 1.29 is 24.5 Å². The van der Waals surface area contributed by atoms with Crippen LogP contribution >= 0.6 is 15.9 Å². The number of phenolic OH excluding ortho intramolecular Hbond substituents is 1. The summed E-state index contributed by atoms with van der Waals surface area (Å²) in [5.41, 5.74) is 0.255. The maximum absolute atomic E-state index is 10.6. The van der Waals surface area contributed by atoms with Crippen LogP contribution in [-0.4, -0.2) is 30.4 Å². The highest BCUT2D eigenvalue weighted by Gasteiger charge is 2.19. The van der Waals surface area contributed by atoms with Gasteiger partial charge in [-0.15, -0.1) is 0 Å². The van der Waals surface area contributed by atoms with Crippen molar-refractivity contribution in [1.82, 2.24) is 0 Å². The first-order valence-corrected chi connectivity index (χ1v) is 5.14. The predicted molar refractivity (Wildman–Crippen MR) is 60.3 cm³/mol. The van der Waals surface area contributed by atoms with Crippen molar-refractivity contribution in [2.24, 2.45) is 0 Å². The Morgan fingerprint density at radius 1 is 1.44 bits per heavy atom. The van der Waals surface area contributed by atoms with Gasteiger partial charge in [-0.2, -0.15) is 0 Å². The van der Waals surface area contributed by atoms with E-state index in [0.29, 0.717) is 16.0 Å². The third-order valence-electron chi connectivity index (χ3n) is 2.02. The minimum atomic E-state index is -1.04. The molecule has 0 spiro atoms. The molecule has 2 N–H and O–H groups in total. The molecule has 0 radical (unpaired) electrons. The highest BCUT2D eigenvalue weighted by Crippen LogP contribution is 2.42. The molecular weight excluding hydrogens is 280 g/mol. The SMILES string of the molecule is COc1cc(O)c(CC(=O)O)c(Br)c1OC. The largest absolute Gasteiger partial charge is 0.507 e. The zero-order valence-corrected chi connectivity index (χ0v) is 10.4. The van der Waals surface area contributed by atoms with Gasteiger partial charge in [0, 0.05) is 11.6 Å². The average Bonchev–Trinajstić information content (AvgIpc) is 2.23. The zero-order valence-electron chi connectivity index (χ0n) is 8.78. The molecule has 5 nitrogen and oxygen atoms in total. The van der Waals surface area contributed by atoms with Gasteiger partial charge >= 0.3 is 5.97 Å². The van der Waals surface area contributed by atoms with Crippen molar-refractivity contribution >= 4 is 21.9 Å². The van der Waals surface area contributed by atoms with Crippen LogP contribution in [0, 0.1) is 0 Å². The number of carboxylic acids is 1. The Morgan fingerprint density at radius 3 is 2.50 bits per heavy atom. The van der Waals surface area contributed by atoms with Gasteiger partial charge in [0.15, 0.2) is 11.5 Å². The Labute approximate surface area is 101 Å². The quantitative estimate of drug-likeness (QED) is 0.884. The molecule has 0 atom stereocenters. The molecule has 0 saturated carbocycles. The standard InChI is InChI=1S/C10H11BrO5/c1-15-7-4-6(12)5(3-8(13)14)9(11)10(7)16-2/h4,12H,3H2,1-2H3,(H,13,14). The third kappa shape index (κ3) is 2.38. The Balaban J connectivity index is 3.34. The molecule has 1 aromatic carbocycles. The summed E-state index contributed by atoms with van der Waals surface area (Å²) >= 11 is 3.18. The Bertz CT molecular complexity index is 416. The molecule has 0 amide bonds. The summed E-state index contributed by atoms with van der Waals surface area (Å²) in [6, 6.07) is 1.32. The number of halogens is 1. The molecule has 0 aliphatic heterocycles. The summed E-state index contributed by atoms with van der Waals surface area (Å²) in [5, 5.41) is 18.3. The average molecular weight is 291 g/mol. The van der Waals surface area contributed by atoms with Crippen LogP contribution in [0.5, 0.6) is 17.2 Å². The van der Waals surface area contributed by atoms with Crippen LogP contribution in [0.3, 0.4) is 0 Å². The van der Waals surface area contributed by atoms with Gasteiger partial charge in [0.25, 0.3) is 0 Å². The molecule has 88 valence electrons. The molecule has 0 aromatic heterocycles. The molecule has 1 rings (SSSR count). The molecule has 0 fully saturated rings. The fourth-order valence-electron chi connectivity index (χ4n) is 1.30. The van der Waals surface area contributed by atoms with E-state index < -0.39 is 5.97 Å². The number of rotatable bonds is 4. The zero-order chi connectivity index (χ0) is 12.3. The van der Waals surface area contributed by atoms with Gasteiger partial charge in [-0.05, 0) is 15.9 Å². The van der Waals surface area contributed by atoms with E-state index in [4.69, 9.17) is 14.6 Å². The maximum atomic E-state index is 10.6. The molecule has 6 heteroatoms. The summed E-state index contributed by atoms with van der Waals surface area (Å²) < 4.78 is 10.4. The summed E-state index contributed by atoms with van der Waals surface area (Å²) in [5.74, 6) is -0.493. The topological polar surface area (TPSA) is 76.0 Å². The number of phenols is 1.